The molecule has 2 aliphatic heterocycles. The first-order valence-electron chi connectivity index (χ1n) is 8.90. The number of fused-ring (bicyclic) bond motifs is 2. The van der Waals surface area contributed by atoms with E-state index in [1.54, 1.807) is 31.2 Å². The smallest absolute Gasteiger partial charge is 0.324 e. The predicted octanol–water partition coefficient (Wildman–Crippen LogP) is 3.05. The number of amides is 2. The monoisotopic (exact) mass is 389 g/mol. The van der Waals surface area contributed by atoms with Crippen LogP contribution in [0, 0.1) is 6.92 Å². The van der Waals surface area contributed by atoms with Crippen LogP contribution in [-0.4, -0.2) is 42.4 Å². The van der Waals surface area contributed by atoms with Crippen molar-refractivity contribution in [3.63, 3.8) is 0 Å². The lowest BCUT2D eigenvalue weighted by Crippen LogP contribution is -2.57. The van der Waals surface area contributed by atoms with E-state index in [4.69, 9.17) is 0 Å². The number of carbonyl (C=O) groups excluding carboxylic acids is 2. The maximum Gasteiger partial charge on any atom is 0.416 e. The Balaban J connectivity index is 1.79. The maximum atomic E-state index is 13.2. The van der Waals surface area contributed by atoms with Gasteiger partial charge in [0.2, 0.25) is 5.91 Å². The van der Waals surface area contributed by atoms with Crippen LogP contribution in [-0.2, 0) is 11.0 Å². The van der Waals surface area contributed by atoms with Crippen LogP contribution in [0.4, 0.5) is 18.9 Å². The summed E-state index contributed by atoms with van der Waals surface area (Å²) >= 11 is 0. The van der Waals surface area contributed by atoms with E-state index in [0.717, 1.165) is 12.1 Å². The van der Waals surface area contributed by atoms with Gasteiger partial charge >= 0.3 is 6.18 Å². The van der Waals surface area contributed by atoms with Gasteiger partial charge in [0.05, 0.1) is 16.8 Å². The summed E-state index contributed by atoms with van der Waals surface area (Å²) in [6.45, 7) is 2.94. The zero-order valence-corrected chi connectivity index (χ0v) is 15.1. The molecule has 28 heavy (non-hydrogen) atoms. The number of hydrogen-bond donors (Lipinski definition) is 2. The van der Waals surface area contributed by atoms with E-state index < -0.39 is 17.8 Å². The Morgan fingerprint density at radius 1 is 1.07 bits per heavy atom. The molecule has 0 aliphatic carbocycles. The summed E-state index contributed by atoms with van der Waals surface area (Å²) in [7, 11) is 0. The Kier molecular flexibility index (Phi) is 4.38. The maximum absolute atomic E-state index is 13.2. The van der Waals surface area contributed by atoms with E-state index in [0.29, 0.717) is 42.0 Å². The molecule has 5 nitrogen and oxygen atoms in total. The van der Waals surface area contributed by atoms with Gasteiger partial charge in [-0.25, -0.2) is 0 Å². The van der Waals surface area contributed by atoms with Gasteiger partial charge < -0.3 is 15.5 Å². The molecule has 2 aromatic rings. The fraction of sp³-hybridized carbons (Fsp3) is 0.300. The molecule has 0 unspecified atom stereocenters. The molecule has 2 N–H and O–H groups in total. The van der Waals surface area contributed by atoms with Crippen molar-refractivity contribution >= 4 is 17.5 Å². The Bertz CT molecular complexity index is 972. The lowest BCUT2D eigenvalue weighted by Gasteiger charge is -2.33. The molecule has 1 atom stereocenters. The number of piperazine rings is 1. The molecule has 0 saturated carbocycles. The molecule has 2 aromatic carbocycles. The average molecular weight is 389 g/mol. The summed E-state index contributed by atoms with van der Waals surface area (Å²) < 4.78 is 39.5. The Hall–Kier alpha value is -2.87. The van der Waals surface area contributed by atoms with Crippen molar-refractivity contribution in [3.8, 4) is 11.1 Å². The Morgan fingerprint density at radius 2 is 1.86 bits per heavy atom. The first-order valence-corrected chi connectivity index (χ1v) is 8.90. The van der Waals surface area contributed by atoms with Crippen molar-refractivity contribution in [2.45, 2.75) is 19.1 Å². The number of carbonyl (C=O) groups is 2. The number of rotatable bonds is 1. The van der Waals surface area contributed by atoms with Crippen LogP contribution in [0.3, 0.4) is 0 Å². The van der Waals surface area contributed by atoms with E-state index in [2.05, 4.69) is 10.6 Å². The fourth-order valence-electron chi connectivity index (χ4n) is 3.68. The molecule has 2 amide bonds. The van der Waals surface area contributed by atoms with Crippen LogP contribution in [0.1, 0.15) is 21.5 Å². The number of alkyl halides is 3. The van der Waals surface area contributed by atoms with Crippen molar-refractivity contribution in [1.29, 1.82) is 0 Å². The van der Waals surface area contributed by atoms with E-state index in [1.807, 2.05) is 0 Å². The number of anilines is 1. The third-order valence-electron chi connectivity index (χ3n) is 5.05. The summed E-state index contributed by atoms with van der Waals surface area (Å²) in [5.41, 5.74) is 1.25. The molecule has 2 heterocycles. The normalized spacial score (nSPS) is 19.6. The quantitative estimate of drug-likeness (QED) is 0.788. The van der Waals surface area contributed by atoms with E-state index in [1.165, 1.54) is 4.90 Å². The summed E-state index contributed by atoms with van der Waals surface area (Å²) in [5.74, 6) is -0.577. The molecule has 1 saturated heterocycles. The third kappa shape index (κ3) is 3.24. The van der Waals surface area contributed by atoms with Gasteiger partial charge in [-0.2, -0.15) is 13.2 Å². The molecule has 1 fully saturated rings. The lowest BCUT2D eigenvalue weighted by atomic mass is 9.97. The standard InChI is InChI=1S/C20H18F3N3O2/c1-11-6-13(8-14(7-11)20(21,22)23)12-2-3-16-15(9-12)19(28)26-5-4-24-10-17(26)18(27)25-16/h2-3,6-9,17,24H,4-5,10H2,1H3,(H,25,27)/t17-/m0/s1. The number of aryl methyl sites for hydroxylation is 1. The van der Waals surface area contributed by atoms with Crippen molar-refractivity contribution in [3.05, 3.63) is 53.1 Å². The van der Waals surface area contributed by atoms with Crippen LogP contribution < -0.4 is 10.6 Å². The summed E-state index contributed by atoms with van der Waals surface area (Å²) in [6, 6.07) is 7.94. The number of hydrogen-bond acceptors (Lipinski definition) is 3. The van der Waals surface area contributed by atoms with Crippen LogP contribution in [0.25, 0.3) is 11.1 Å². The molecule has 146 valence electrons. The molecule has 0 aromatic heterocycles. The number of benzene rings is 2. The van der Waals surface area contributed by atoms with Gasteiger partial charge in [0.1, 0.15) is 6.04 Å². The van der Waals surface area contributed by atoms with Crippen LogP contribution in [0.5, 0.6) is 0 Å². The first-order chi connectivity index (χ1) is 13.2. The largest absolute Gasteiger partial charge is 0.416 e. The highest BCUT2D eigenvalue weighted by Crippen LogP contribution is 2.35. The van der Waals surface area contributed by atoms with Gasteiger partial charge in [0.25, 0.3) is 5.91 Å². The molecular formula is C20H18F3N3O2. The summed E-state index contributed by atoms with van der Waals surface area (Å²) in [5, 5.41) is 5.85. The number of nitrogens with zero attached hydrogens (tertiary/aromatic N) is 1. The summed E-state index contributed by atoms with van der Waals surface area (Å²) in [6.07, 6.45) is -4.45. The minimum absolute atomic E-state index is 0.276. The minimum atomic E-state index is -4.45. The second kappa shape index (κ2) is 6.63. The summed E-state index contributed by atoms with van der Waals surface area (Å²) in [4.78, 5) is 27.0. The van der Waals surface area contributed by atoms with Gasteiger partial charge in [-0.05, 0) is 47.9 Å². The van der Waals surface area contributed by atoms with Gasteiger partial charge in [0.15, 0.2) is 0 Å². The zero-order valence-electron chi connectivity index (χ0n) is 15.1. The van der Waals surface area contributed by atoms with Crippen LogP contribution in [0.15, 0.2) is 36.4 Å². The van der Waals surface area contributed by atoms with Gasteiger partial charge in [-0.1, -0.05) is 12.1 Å². The Morgan fingerprint density at radius 3 is 2.61 bits per heavy atom. The lowest BCUT2D eigenvalue weighted by molar-refractivity contribution is -0.137. The average Bonchev–Trinajstić information content (AvgIpc) is 2.76. The first kappa shape index (κ1) is 18.5. The number of halogens is 3. The van der Waals surface area contributed by atoms with Crippen molar-refractivity contribution in [1.82, 2.24) is 10.2 Å². The highest BCUT2D eigenvalue weighted by atomic mass is 19.4. The number of nitrogens with one attached hydrogen (secondary N) is 2. The third-order valence-corrected chi connectivity index (χ3v) is 5.05. The molecule has 0 spiro atoms. The van der Waals surface area contributed by atoms with Crippen molar-refractivity contribution < 1.29 is 22.8 Å². The van der Waals surface area contributed by atoms with Gasteiger partial charge in [-0.3, -0.25) is 9.59 Å². The Labute approximate surface area is 159 Å². The molecule has 0 bridgehead atoms. The molecule has 2 aliphatic rings. The predicted molar refractivity (Wildman–Crippen MR) is 97.9 cm³/mol. The molecule has 4 rings (SSSR count). The van der Waals surface area contributed by atoms with Gasteiger partial charge in [0, 0.05) is 19.6 Å². The minimum Gasteiger partial charge on any atom is -0.324 e. The van der Waals surface area contributed by atoms with E-state index in [-0.39, 0.29) is 17.4 Å². The second-order valence-corrected chi connectivity index (χ2v) is 7.05. The van der Waals surface area contributed by atoms with Crippen molar-refractivity contribution in [2.24, 2.45) is 0 Å². The van der Waals surface area contributed by atoms with E-state index in [9.17, 15) is 22.8 Å². The molecule has 8 heteroatoms. The zero-order chi connectivity index (χ0) is 20.1. The molecule has 0 radical (unpaired) electrons. The van der Waals surface area contributed by atoms with Crippen LogP contribution in [0.2, 0.25) is 0 Å². The highest BCUT2D eigenvalue weighted by molar-refractivity contribution is 6.10. The van der Waals surface area contributed by atoms with Gasteiger partial charge in [-0.15, -0.1) is 0 Å². The second-order valence-electron chi connectivity index (χ2n) is 7.05. The van der Waals surface area contributed by atoms with E-state index >= 15 is 0 Å². The van der Waals surface area contributed by atoms with Crippen LogP contribution >= 0.6 is 0 Å². The molecular weight excluding hydrogens is 371 g/mol. The SMILES string of the molecule is Cc1cc(-c2ccc3c(c2)C(=O)N2CCNC[C@H]2C(=O)N3)cc(C(F)(F)F)c1. The highest BCUT2D eigenvalue weighted by Gasteiger charge is 2.37. The van der Waals surface area contributed by atoms with Crippen molar-refractivity contribution in [2.75, 3.05) is 25.0 Å². The topological polar surface area (TPSA) is 61.4 Å². The fourth-order valence-corrected chi connectivity index (χ4v) is 3.68.